The van der Waals surface area contributed by atoms with Crippen LogP contribution in [-0.4, -0.2) is 12.6 Å². The smallest absolute Gasteiger partial charge is 0.123 e. The van der Waals surface area contributed by atoms with Gasteiger partial charge in [0.15, 0.2) is 0 Å². The van der Waals surface area contributed by atoms with Gasteiger partial charge in [-0.15, -0.1) is 0 Å². The van der Waals surface area contributed by atoms with E-state index in [-0.39, 0.29) is 5.92 Å². The SMILES string of the molecule is CCCCCCCCCCCCCC(CCCCCCCCCCCCC)C(C=O)CC=O. The molecule has 0 saturated heterocycles. The highest BCUT2D eigenvalue weighted by atomic mass is 16.1. The molecule has 0 amide bonds. The van der Waals surface area contributed by atoms with Crippen molar-refractivity contribution in [1.82, 2.24) is 0 Å². The molecule has 0 N–H and O–H groups in total. The molecule has 0 aromatic heterocycles. The first-order valence-corrected chi connectivity index (χ1v) is 15.2. The third-order valence-corrected chi connectivity index (χ3v) is 7.51. The second-order valence-electron chi connectivity index (χ2n) is 10.6. The van der Waals surface area contributed by atoms with Crippen molar-refractivity contribution in [2.24, 2.45) is 11.8 Å². The maximum Gasteiger partial charge on any atom is 0.123 e. The summed E-state index contributed by atoms with van der Waals surface area (Å²) in [5.41, 5.74) is 0. The molecule has 196 valence electrons. The summed E-state index contributed by atoms with van der Waals surface area (Å²) in [5.74, 6) is 0.374. The van der Waals surface area contributed by atoms with Gasteiger partial charge in [0.25, 0.3) is 0 Å². The van der Waals surface area contributed by atoms with Gasteiger partial charge in [-0.1, -0.05) is 155 Å². The monoisotopic (exact) mass is 464 g/mol. The first kappa shape index (κ1) is 32.3. The van der Waals surface area contributed by atoms with Gasteiger partial charge in [0.05, 0.1) is 0 Å². The van der Waals surface area contributed by atoms with Crippen molar-refractivity contribution < 1.29 is 9.59 Å². The summed E-state index contributed by atoms with van der Waals surface area (Å²) >= 11 is 0. The molecular formula is C31H60O2. The van der Waals surface area contributed by atoms with E-state index in [1.165, 1.54) is 141 Å². The van der Waals surface area contributed by atoms with Gasteiger partial charge in [-0.3, -0.25) is 0 Å². The van der Waals surface area contributed by atoms with E-state index in [1.807, 2.05) is 0 Å². The van der Waals surface area contributed by atoms with E-state index in [2.05, 4.69) is 13.8 Å². The molecule has 1 atom stereocenters. The van der Waals surface area contributed by atoms with Crippen molar-refractivity contribution >= 4 is 12.6 Å². The van der Waals surface area contributed by atoms with Crippen LogP contribution in [0, 0.1) is 11.8 Å². The van der Waals surface area contributed by atoms with E-state index >= 15 is 0 Å². The summed E-state index contributed by atoms with van der Waals surface area (Å²) in [4.78, 5) is 22.6. The van der Waals surface area contributed by atoms with Crippen LogP contribution in [0.1, 0.15) is 174 Å². The molecule has 0 rings (SSSR count). The lowest BCUT2D eigenvalue weighted by Gasteiger charge is -2.21. The standard InChI is InChI=1S/C31H60O2/c1-3-5-7-9-11-13-15-17-19-21-23-25-30(31(29-33)27-28-32)26-24-22-20-18-16-14-12-10-8-6-4-2/h28-31H,3-27H2,1-2H3. The lowest BCUT2D eigenvalue weighted by Crippen LogP contribution is -2.17. The van der Waals surface area contributed by atoms with Gasteiger partial charge < -0.3 is 9.59 Å². The highest BCUT2D eigenvalue weighted by Gasteiger charge is 2.20. The van der Waals surface area contributed by atoms with Crippen LogP contribution in [0.15, 0.2) is 0 Å². The number of carbonyl (C=O) groups is 2. The van der Waals surface area contributed by atoms with Crippen LogP contribution < -0.4 is 0 Å². The molecule has 0 heterocycles. The largest absolute Gasteiger partial charge is 0.303 e. The molecule has 0 aliphatic rings. The molecule has 1 unspecified atom stereocenters. The van der Waals surface area contributed by atoms with Crippen LogP contribution in [0.25, 0.3) is 0 Å². The lowest BCUT2D eigenvalue weighted by molar-refractivity contribution is -0.117. The van der Waals surface area contributed by atoms with Crippen LogP contribution in [-0.2, 0) is 9.59 Å². The van der Waals surface area contributed by atoms with E-state index in [4.69, 9.17) is 0 Å². The summed E-state index contributed by atoms with van der Waals surface area (Å²) in [6.45, 7) is 4.55. The highest BCUT2D eigenvalue weighted by Crippen LogP contribution is 2.27. The number of hydrogen-bond acceptors (Lipinski definition) is 2. The fourth-order valence-corrected chi connectivity index (χ4v) is 5.18. The van der Waals surface area contributed by atoms with Crippen molar-refractivity contribution in [3.05, 3.63) is 0 Å². The molecule has 2 nitrogen and oxygen atoms in total. The second kappa shape index (κ2) is 27.6. The molecule has 0 aromatic rings. The van der Waals surface area contributed by atoms with Crippen LogP contribution in [0.2, 0.25) is 0 Å². The summed E-state index contributed by atoms with van der Waals surface area (Å²) in [7, 11) is 0. The molecule has 0 aliphatic carbocycles. The maximum atomic E-state index is 11.6. The van der Waals surface area contributed by atoms with E-state index < -0.39 is 0 Å². The molecule has 2 heteroatoms. The summed E-state index contributed by atoms with van der Waals surface area (Å²) < 4.78 is 0. The fraction of sp³-hybridized carbons (Fsp3) is 0.935. The highest BCUT2D eigenvalue weighted by molar-refractivity contribution is 5.62. The molecule has 0 radical (unpaired) electrons. The van der Waals surface area contributed by atoms with Gasteiger partial charge in [0.1, 0.15) is 12.6 Å². The predicted octanol–water partition coefficient (Wildman–Crippen LogP) is 10.4. The summed E-state index contributed by atoms with van der Waals surface area (Å²) in [5, 5.41) is 0. The molecule has 0 saturated carbocycles. The van der Waals surface area contributed by atoms with Gasteiger partial charge >= 0.3 is 0 Å². The Kier molecular flexibility index (Phi) is 27.0. The number of unbranched alkanes of at least 4 members (excludes halogenated alkanes) is 20. The quantitative estimate of drug-likeness (QED) is 0.0852. The van der Waals surface area contributed by atoms with Crippen LogP contribution in [0.3, 0.4) is 0 Å². The zero-order chi connectivity index (χ0) is 24.2. The summed E-state index contributed by atoms with van der Waals surface area (Å²) in [6.07, 6.45) is 34.6. The van der Waals surface area contributed by atoms with Gasteiger partial charge in [0.2, 0.25) is 0 Å². The van der Waals surface area contributed by atoms with Crippen molar-refractivity contribution in [3.63, 3.8) is 0 Å². The van der Waals surface area contributed by atoms with Crippen molar-refractivity contribution in [1.29, 1.82) is 0 Å². The second-order valence-corrected chi connectivity index (χ2v) is 10.6. The normalized spacial score (nSPS) is 12.3. The van der Waals surface area contributed by atoms with Crippen LogP contribution >= 0.6 is 0 Å². The van der Waals surface area contributed by atoms with Crippen molar-refractivity contribution in [2.75, 3.05) is 0 Å². The molecule has 0 aliphatic heterocycles. The molecule has 0 aromatic carbocycles. The van der Waals surface area contributed by atoms with E-state index in [0.717, 1.165) is 25.4 Å². The Morgan fingerprint density at radius 1 is 0.455 bits per heavy atom. The lowest BCUT2D eigenvalue weighted by atomic mass is 9.82. The molecule has 33 heavy (non-hydrogen) atoms. The maximum absolute atomic E-state index is 11.6. The third kappa shape index (κ3) is 22.9. The Balaban J connectivity index is 3.83. The van der Waals surface area contributed by atoms with Crippen molar-refractivity contribution in [2.45, 2.75) is 174 Å². The van der Waals surface area contributed by atoms with E-state index in [1.54, 1.807) is 0 Å². The zero-order valence-electron chi connectivity index (χ0n) is 22.8. The van der Waals surface area contributed by atoms with Crippen molar-refractivity contribution in [3.8, 4) is 0 Å². The van der Waals surface area contributed by atoms with E-state index in [9.17, 15) is 9.59 Å². The fourth-order valence-electron chi connectivity index (χ4n) is 5.18. The average molecular weight is 465 g/mol. The first-order valence-electron chi connectivity index (χ1n) is 15.2. The van der Waals surface area contributed by atoms with Gasteiger partial charge in [-0.2, -0.15) is 0 Å². The minimum Gasteiger partial charge on any atom is -0.303 e. The van der Waals surface area contributed by atoms with E-state index in [0.29, 0.717) is 12.3 Å². The number of hydrogen-bond donors (Lipinski definition) is 0. The molecule has 0 bridgehead atoms. The molecule has 0 spiro atoms. The first-order chi connectivity index (χ1) is 16.3. The number of rotatable bonds is 28. The Morgan fingerprint density at radius 2 is 0.758 bits per heavy atom. The number of aldehydes is 2. The van der Waals surface area contributed by atoms with Gasteiger partial charge in [-0.25, -0.2) is 0 Å². The Bertz CT molecular complexity index is 366. The number of carbonyl (C=O) groups excluding carboxylic acids is 2. The Labute approximate surface area is 208 Å². The topological polar surface area (TPSA) is 34.1 Å². The van der Waals surface area contributed by atoms with Gasteiger partial charge in [0, 0.05) is 12.3 Å². The van der Waals surface area contributed by atoms with Crippen LogP contribution in [0.4, 0.5) is 0 Å². The Hall–Kier alpha value is -0.660. The predicted molar refractivity (Wildman–Crippen MR) is 146 cm³/mol. The zero-order valence-corrected chi connectivity index (χ0v) is 22.8. The minimum absolute atomic E-state index is 0.0475. The average Bonchev–Trinajstić information content (AvgIpc) is 2.83. The molecule has 0 fully saturated rings. The summed E-state index contributed by atoms with van der Waals surface area (Å²) in [6, 6.07) is 0. The molecular weight excluding hydrogens is 404 g/mol. The van der Waals surface area contributed by atoms with Gasteiger partial charge in [-0.05, 0) is 18.8 Å². The van der Waals surface area contributed by atoms with Crippen LogP contribution in [0.5, 0.6) is 0 Å². The minimum atomic E-state index is -0.0475. The Morgan fingerprint density at radius 3 is 1.03 bits per heavy atom. The third-order valence-electron chi connectivity index (χ3n) is 7.51.